The third-order valence-corrected chi connectivity index (χ3v) is 4.70. The second kappa shape index (κ2) is 5.41. The molecule has 0 aliphatic rings. The summed E-state index contributed by atoms with van der Waals surface area (Å²) >= 11 is 16.8. The van der Waals surface area contributed by atoms with Crippen LogP contribution in [0.3, 0.4) is 0 Å². The summed E-state index contributed by atoms with van der Waals surface area (Å²) in [6.07, 6.45) is 0. The first-order valence-electron chi connectivity index (χ1n) is 4.58. The summed E-state index contributed by atoms with van der Waals surface area (Å²) in [5.74, 6) is 0. The molecule has 16 heavy (non-hydrogen) atoms. The average molecular weight is 337 g/mol. The van der Waals surface area contributed by atoms with Crippen LogP contribution in [0.25, 0.3) is 0 Å². The Morgan fingerprint density at radius 2 is 2.06 bits per heavy atom. The van der Waals surface area contributed by atoms with Crippen LogP contribution in [0.5, 0.6) is 0 Å². The first kappa shape index (κ1) is 12.2. The lowest BCUT2D eigenvalue weighted by Crippen LogP contribution is -1.96. The molecule has 84 valence electrons. The Balaban J connectivity index is 2.02. The van der Waals surface area contributed by atoms with Crippen LogP contribution in [0.15, 0.2) is 34.8 Å². The zero-order chi connectivity index (χ0) is 11.5. The fourth-order valence-corrected chi connectivity index (χ4v) is 3.19. The Bertz CT molecular complexity index is 479. The van der Waals surface area contributed by atoms with Crippen molar-refractivity contribution in [1.82, 2.24) is 0 Å². The Hall–Kier alpha value is -0.220. The van der Waals surface area contributed by atoms with Crippen molar-refractivity contribution >= 4 is 56.2 Å². The van der Waals surface area contributed by atoms with Crippen LogP contribution in [-0.4, -0.2) is 0 Å². The van der Waals surface area contributed by atoms with E-state index < -0.39 is 0 Å². The lowest BCUT2D eigenvalue weighted by Gasteiger charge is -2.04. The minimum Gasteiger partial charge on any atom is -0.380 e. The van der Waals surface area contributed by atoms with Gasteiger partial charge in [0.15, 0.2) is 0 Å². The van der Waals surface area contributed by atoms with Gasteiger partial charge >= 0.3 is 0 Å². The van der Waals surface area contributed by atoms with Crippen LogP contribution >= 0.6 is 50.5 Å². The largest absolute Gasteiger partial charge is 0.380 e. The van der Waals surface area contributed by atoms with Gasteiger partial charge in [0.05, 0.1) is 0 Å². The highest BCUT2D eigenvalue weighted by molar-refractivity contribution is 9.10. The molecule has 1 N–H and O–H groups in total. The molecule has 0 unspecified atom stereocenters. The first-order chi connectivity index (χ1) is 7.65. The maximum absolute atomic E-state index is 5.96. The Morgan fingerprint density at radius 3 is 2.69 bits per heavy atom. The minimum atomic E-state index is 0.732. The van der Waals surface area contributed by atoms with E-state index in [1.807, 2.05) is 30.3 Å². The summed E-state index contributed by atoms with van der Waals surface area (Å²) in [6, 6.07) is 9.67. The smallest absolute Gasteiger partial charge is 0.107 e. The molecule has 1 heterocycles. The third-order valence-electron chi connectivity index (χ3n) is 1.99. The topological polar surface area (TPSA) is 12.0 Å². The summed E-state index contributed by atoms with van der Waals surface area (Å²) < 4.78 is 1.73. The molecule has 0 aliphatic heterocycles. The third kappa shape index (κ3) is 3.14. The van der Waals surface area contributed by atoms with Crippen molar-refractivity contribution in [1.29, 1.82) is 0 Å². The average Bonchev–Trinajstić information content (AvgIpc) is 2.56. The number of hydrogen-bond donors (Lipinski definition) is 1. The molecule has 0 bridgehead atoms. The lowest BCUT2D eigenvalue weighted by molar-refractivity contribution is 1.19. The Kier molecular flexibility index (Phi) is 4.14. The maximum atomic E-state index is 5.96. The second-order valence-corrected chi connectivity index (χ2v) is 6.23. The first-order valence-corrected chi connectivity index (χ1v) is 6.95. The fourth-order valence-electron chi connectivity index (χ4n) is 1.27. The number of benzene rings is 1. The standard InChI is InChI=1S/C11H8BrCl2NS/c12-10-5-9(16-11(10)14)6-15-8-3-1-2-7(13)4-8/h1-5,15H,6H2. The summed E-state index contributed by atoms with van der Waals surface area (Å²) in [6.45, 7) is 0.746. The number of nitrogens with one attached hydrogen (secondary N) is 1. The van der Waals surface area contributed by atoms with E-state index in [1.165, 1.54) is 4.88 Å². The fraction of sp³-hybridized carbons (Fsp3) is 0.0909. The molecule has 0 saturated carbocycles. The molecule has 0 amide bonds. The number of anilines is 1. The molecule has 5 heteroatoms. The highest BCUT2D eigenvalue weighted by atomic mass is 79.9. The number of hydrogen-bond acceptors (Lipinski definition) is 2. The van der Waals surface area contributed by atoms with Crippen LogP contribution in [0.1, 0.15) is 4.88 Å². The van der Waals surface area contributed by atoms with Crippen LogP contribution in [0.2, 0.25) is 9.36 Å². The lowest BCUT2D eigenvalue weighted by atomic mass is 10.3. The predicted octanol–water partition coefficient (Wildman–Crippen LogP) is 5.43. The number of thiophene rings is 1. The van der Waals surface area contributed by atoms with Gasteiger partial charge in [-0.1, -0.05) is 29.3 Å². The molecule has 0 radical (unpaired) electrons. The van der Waals surface area contributed by atoms with Crippen LogP contribution in [0, 0.1) is 0 Å². The van der Waals surface area contributed by atoms with Crippen LogP contribution < -0.4 is 5.32 Å². The van der Waals surface area contributed by atoms with Gasteiger partial charge in [-0.3, -0.25) is 0 Å². The SMILES string of the molecule is Clc1cccc(NCc2cc(Br)c(Cl)s2)c1. The van der Waals surface area contributed by atoms with E-state index in [2.05, 4.69) is 21.2 Å². The molecule has 0 atom stereocenters. The van der Waals surface area contributed by atoms with E-state index in [0.717, 1.165) is 26.1 Å². The van der Waals surface area contributed by atoms with Crippen molar-refractivity contribution in [3.8, 4) is 0 Å². The molecule has 1 aromatic carbocycles. The van der Waals surface area contributed by atoms with E-state index >= 15 is 0 Å². The Labute approximate surface area is 117 Å². The summed E-state index contributed by atoms with van der Waals surface area (Å²) in [4.78, 5) is 1.18. The van der Waals surface area contributed by atoms with E-state index in [-0.39, 0.29) is 0 Å². The van der Waals surface area contributed by atoms with Gasteiger partial charge in [0.2, 0.25) is 0 Å². The van der Waals surface area contributed by atoms with Crippen molar-refractivity contribution in [2.24, 2.45) is 0 Å². The second-order valence-electron chi connectivity index (χ2n) is 3.20. The summed E-state index contributed by atoms with van der Waals surface area (Å²) in [5.41, 5.74) is 1.01. The van der Waals surface area contributed by atoms with Crippen LogP contribution in [-0.2, 0) is 6.54 Å². The molecule has 0 spiro atoms. The molecular formula is C11H8BrCl2NS. The van der Waals surface area contributed by atoms with Crippen molar-refractivity contribution in [2.45, 2.75) is 6.54 Å². The van der Waals surface area contributed by atoms with Gasteiger partial charge in [-0.25, -0.2) is 0 Å². The van der Waals surface area contributed by atoms with Crippen molar-refractivity contribution in [3.05, 3.63) is 49.0 Å². The van der Waals surface area contributed by atoms with Gasteiger partial charge in [0.25, 0.3) is 0 Å². The van der Waals surface area contributed by atoms with E-state index in [0.29, 0.717) is 0 Å². The molecule has 2 rings (SSSR count). The van der Waals surface area contributed by atoms with Gasteiger partial charge in [-0.2, -0.15) is 0 Å². The number of halogens is 3. The molecule has 0 fully saturated rings. The normalized spacial score (nSPS) is 10.4. The summed E-state index contributed by atoms with van der Waals surface area (Å²) in [7, 11) is 0. The highest BCUT2D eigenvalue weighted by Crippen LogP contribution is 2.32. The number of rotatable bonds is 3. The van der Waals surface area contributed by atoms with Crippen molar-refractivity contribution in [2.75, 3.05) is 5.32 Å². The van der Waals surface area contributed by atoms with Crippen LogP contribution in [0.4, 0.5) is 5.69 Å². The molecule has 1 aromatic heterocycles. The van der Waals surface area contributed by atoms with Gasteiger partial charge in [0, 0.05) is 26.6 Å². The van der Waals surface area contributed by atoms with E-state index in [4.69, 9.17) is 23.2 Å². The van der Waals surface area contributed by atoms with E-state index in [9.17, 15) is 0 Å². The van der Waals surface area contributed by atoms with Gasteiger partial charge in [-0.05, 0) is 40.2 Å². The van der Waals surface area contributed by atoms with Gasteiger partial charge < -0.3 is 5.32 Å². The minimum absolute atomic E-state index is 0.732. The summed E-state index contributed by atoms with van der Waals surface area (Å²) in [5, 5.41) is 4.02. The van der Waals surface area contributed by atoms with E-state index in [1.54, 1.807) is 11.3 Å². The molecule has 2 aromatic rings. The Morgan fingerprint density at radius 1 is 1.25 bits per heavy atom. The maximum Gasteiger partial charge on any atom is 0.107 e. The van der Waals surface area contributed by atoms with Crippen molar-refractivity contribution < 1.29 is 0 Å². The zero-order valence-corrected chi connectivity index (χ0v) is 12.1. The molecule has 0 saturated heterocycles. The van der Waals surface area contributed by atoms with Gasteiger partial charge in [0.1, 0.15) is 4.34 Å². The van der Waals surface area contributed by atoms with Gasteiger partial charge in [-0.15, -0.1) is 11.3 Å². The molecular weight excluding hydrogens is 329 g/mol. The monoisotopic (exact) mass is 335 g/mol. The highest BCUT2D eigenvalue weighted by Gasteiger charge is 2.04. The predicted molar refractivity (Wildman–Crippen MR) is 75.8 cm³/mol. The zero-order valence-electron chi connectivity index (χ0n) is 8.14. The quantitative estimate of drug-likeness (QED) is 0.788. The molecule has 0 aliphatic carbocycles. The van der Waals surface area contributed by atoms with Crippen molar-refractivity contribution in [3.63, 3.8) is 0 Å². The molecule has 1 nitrogen and oxygen atoms in total.